The molecule has 2 aromatic carbocycles. The first kappa shape index (κ1) is 21.8. The minimum absolute atomic E-state index is 0.211. The molecule has 0 bridgehead atoms. The summed E-state index contributed by atoms with van der Waals surface area (Å²) >= 11 is 0. The Kier molecular flexibility index (Phi) is 5.95. The van der Waals surface area contributed by atoms with Crippen LogP contribution in [0.4, 0.5) is 11.6 Å². The molecule has 0 aliphatic heterocycles. The van der Waals surface area contributed by atoms with Crippen molar-refractivity contribution in [3.05, 3.63) is 99.8 Å². The SMILES string of the molecule is Cc1oncc1NC(=O)c1nc(N(C)C(c2ccccc2)c2ccccc2)n(C)c(=O)c1O. The van der Waals surface area contributed by atoms with Gasteiger partial charge in [0.2, 0.25) is 11.7 Å². The van der Waals surface area contributed by atoms with Crippen molar-refractivity contribution in [2.75, 3.05) is 17.3 Å². The van der Waals surface area contributed by atoms with E-state index in [0.717, 1.165) is 11.1 Å². The molecular formula is C24H23N5O4. The van der Waals surface area contributed by atoms with Crippen molar-refractivity contribution in [3.63, 3.8) is 0 Å². The number of hydrogen-bond acceptors (Lipinski definition) is 7. The Morgan fingerprint density at radius 3 is 2.18 bits per heavy atom. The molecule has 2 N–H and O–H groups in total. The van der Waals surface area contributed by atoms with Crippen molar-refractivity contribution in [1.29, 1.82) is 0 Å². The average Bonchev–Trinajstić information content (AvgIpc) is 3.23. The Labute approximate surface area is 189 Å². The lowest BCUT2D eigenvalue weighted by Gasteiger charge is -2.31. The van der Waals surface area contributed by atoms with Crippen LogP contribution in [0.2, 0.25) is 0 Å². The van der Waals surface area contributed by atoms with Crippen molar-refractivity contribution in [2.24, 2.45) is 7.05 Å². The van der Waals surface area contributed by atoms with Gasteiger partial charge in [-0.05, 0) is 18.1 Å². The molecule has 168 valence electrons. The van der Waals surface area contributed by atoms with Crippen LogP contribution in [0.3, 0.4) is 0 Å². The number of benzene rings is 2. The third-order valence-corrected chi connectivity index (χ3v) is 5.39. The number of aromatic hydroxyl groups is 1. The fraction of sp³-hybridized carbons (Fsp3) is 0.167. The number of carbonyl (C=O) groups is 1. The molecule has 2 aromatic heterocycles. The van der Waals surface area contributed by atoms with E-state index in [4.69, 9.17) is 4.52 Å². The summed E-state index contributed by atoms with van der Waals surface area (Å²) in [5.74, 6) is -0.890. The smallest absolute Gasteiger partial charge is 0.297 e. The van der Waals surface area contributed by atoms with Crippen LogP contribution in [-0.4, -0.2) is 32.8 Å². The van der Waals surface area contributed by atoms with Crippen molar-refractivity contribution in [1.82, 2.24) is 14.7 Å². The molecule has 33 heavy (non-hydrogen) atoms. The van der Waals surface area contributed by atoms with Crippen molar-refractivity contribution in [3.8, 4) is 5.75 Å². The van der Waals surface area contributed by atoms with Crippen molar-refractivity contribution >= 4 is 17.5 Å². The summed E-state index contributed by atoms with van der Waals surface area (Å²) in [4.78, 5) is 31.9. The van der Waals surface area contributed by atoms with E-state index in [0.29, 0.717) is 11.4 Å². The second-order valence-corrected chi connectivity index (χ2v) is 7.56. The maximum atomic E-state index is 12.9. The lowest BCUT2D eigenvalue weighted by molar-refractivity contribution is 0.101. The summed E-state index contributed by atoms with van der Waals surface area (Å²) < 4.78 is 6.16. The monoisotopic (exact) mass is 445 g/mol. The molecule has 0 aliphatic carbocycles. The lowest BCUT2D eigenvalue weighted by Crippen LogP contribution is -2.34. The van der Waals surface area contributed by atoms with E-state index in [1.54, 1.807) is 18.9 Å². The number of nitrogens with zero attached hydrogens (tertiary/aromatic N) is 4. The normalized spacial score (nSPS) is 10.9. The highest BCUT2D eigenvalue weighted by molar-refractivity contribution is 6.04. The number of anilines is 2. The topological polar surface area (TPSA) is 113 Å². The molecule has 1 amide bonds. The van der Waals surface area contributed by atoms with E-state index in [1.165, 1.54) is 17.8 Å². The van der Waals surface area contributed by atoms with E-state index in [2.05, 4.69) is 15.5 Å². The quantitative estimate of drug-likeness (QED) is 0.468. The molecule has 0 aliphatic rings. The molecule has 0 radical (unpaired) electrons. The Hall–Kier alpha value is -4.40. The molecule has 0 spiro atoms. The van der Waals surface area contributed by atoms with Gasteiger partial charge < -0.3 is 19.8 Å². The van der Waals surface area contributed by atoms with Gasteiger partial charge in [0.15, 0.2) is 11.5 Å². The number of carbonyl (C=O) groups excluding carboxylic acids is 1. The van der Waals surface area contributed by atoms with Crippen LogP contribution in [0.25, 0.3) is 0 Å². The number of aryl methyl sites for hydroxylation is 1. The minimum atomic E-state index is -0.748. The number of amides is 1. The van der Waals surface area contributed by atoms with Gasteiger partial charge >= 0.3 is 0 Å². The highest BCUT2D eigenvalue weighted by Gasteiger charge is 2.27. The molecule has 9 nitrogen and oxygen atoms in total. The second-order valence-electron chi connectivity index (χ2n) is 7.56. The first-order valence-electron chi connectivity index (χ1n) is 10.2. The third-order valence-electron chi connectivity index (χ3n) is 5.39. The van der Waals surface area contributed by atoms with Crippen molar-refractivity contribution < 1.29 is 14.4 Å². The first-order valence-corrected chi connectivity index (χ1v) is 10.2. The molecule has 4 rings (SSSR count). The number of nitrogens with one attached hydrogen (secondary N) is 1. The summed E-state index contributed by atoms with van der Waals surface area (Å²) in [6.07, 6.45) is 1.33. The van der Waals surface area contributed by atoms with Crippen molar-refractivity contribution in [2.45, 2.75) is 13.0 Å². The van der Waals surface area contributed by atoms with Gasteiger partial charge in [0.05, 0.1) is 12.2 Å². The highest BCUT2D eigenvalue weighted by Crippen LogP contribution is 2.31. The Morgan fingerprint density at radius 2 is 1.67 bits per heavy atom. The van der Waals surface area contributed by atoms with Crippen LogP contribution in [0, 0.1) is 6.92 Å². The summed E-state index contributed by atoms with van der Waals surface area (Å²) in [7, 11) is 3.29. The van der Waals surface area contributed by atoms with E-state index >= 15 is 0 Å². The molecule has 4 aromatic rings. The Balaban J connectivity index is 1.80. The van der Waals surface area contributed by atoms with Crippen LogP contribution in [-0.2, 0) is 7.05 Å². The van der Waals surface area contributed by atoms with Gasteiger partial charge in [-0.3, -0.25) is 14.2 Å². The number of hydrogen-bond donors (Lipinski definition) is 2. The molecule has 2 heterocycles. The predicted molar refractivity (Wildman–Crippen MR) is 123 cm³/mol. The zero-order valence-corrected chi connectivity index (χ0v) is 18.4. The van der Waals surface area contributed by atoms with Gasteiger partial charge in [-0.25, -0.2) is 4.98 Å². The molecule has 0 saturated carbocycles. The number of aromatic nitrogens is 3. The van der Waals surface area contributed by atoms with E-state index in [-0.39, 0.29) is 17.7 Å². The summed E-state index contributed by atoms with van der Waals surface area (Å²) in [6.45, 7) is 1.63. The highest BCUT2D eigenvalue weighted by atomic mass is 16.5. The maximum Gasteiger partial charge on any atom is 0.297 e. The molecule has 0 saturated heterocycles. The third kappa shape index (κ3) is 4.20. The van der Waals surface area contributed by atoms with E-state index in [9.17, 15) is 14.7 Å². The Bertz CT molecular complexity index is 1290. The average molecular weight is 445 g/mol. The zero-order chi connectivity index (χ0) is 23.5. The van der Waals surface area contributed by atoms with E-state index in [1.807, 2.05) is 60.7 Å². The largest absolute Gasteiger partial charge is 0.501 e. The molecule has 0 unspecified atom stereocenters. The summed E-state index contributed by atoms with van der Waals surface area (Å²) in [5.41, 5.74) is 1.14. The summed E-state index contributed by atoms with van der Waals surface area (Å²) in [5, 5.41) is 16.6. The zero-order valence-electron chi connectivity index (χ0n) is 18.4. The van der Waals surface area contributed by atoms with E-state index < -0.39 is 17.2 Å². The Morgan fingerprint density at radius 1 is 1.09 bits per heavy atom. The van der Waals surface area contributed by atoms with Gasteiger partial charge in [-0.1, -0.05) is 65.8 Å². The molecular weight excluding hydrogens is 422 g/mol. The minimum Gasteiger partial charge on any atom is -0.501 e. The first-order chi connectivity index (χ1) is 15.9. The molecule has 0 atom stereocenters. The predicted octanol–water partition coefficient (Wildman–Crippen LogP) is 3.26. The fourth-order valence-electron chi connectivity index (χ4n) is 3.68. The van der Waals surface area contributed by atoms with Crippen LogP contribution in [0.1, 0.15) is 33.4 Å². The fourth-order valence-corrected chi connectivity index (χ4v) is 3.68. The summed E-state index contributed by atoms with van der Waals surface area (Å²) in [6, 6.07) is 19.2. The van der Waals surface area contributed by atoms with Crippen LogP contribution in [0.15, 0.2) is 76.2 Å². The van der Waals surface area contributed by atoms with Gasteiger partial charge in [-0.2, -0.15) is 0 Å². The van der Waals surface area contributed by atoms with Gasteiger partial charge in [0, 0.05) is 14.1 Å². The lowest BCUT2D eigenvalue weighted by atomic mass is 9.97. The van der Waals surface area contributed by atoms with Gasteiger partial charge in [0.25, 0.3) is 11.5 Å². The van der Waals surface area contributed by atoms with Crippen LogP contribution in [0.5, 0.6) is 5.75 Å². The van der Waals surface area contributed by atoms with Crippen LogP contribution >= 0.6 is 0 Å². The molecule has 0 fully saturated rings. The second kappa shape index (κ2) is 8.99. The van der Waals surface area contributed by atoms with Gasteiger partial charge in [-0.15, -0.1) is 0 Å². The van der Waals surface area contributed by atoms with Crippen LogP contribution < -0.4 is 15.8 Å². The molecule has 9 heteroatoms. The number of rotatable bonds is 6. The standard InChI is InChI=1S/C24H23N5O4/c1-15-18(14-25-33-15)26-22(31)19-21(30)23(32)29(3)24(27-19)28(2)20(16-10-6-4-7-11-16)17-12-8-5-9-13-17/h4-14,20,30H,1-3H3,(H,26,31). The van der Waals surface area contributed by atoms with Gasteiger partial charge in [0.1, 0.15) is 5.69 Å². The maximum absolute atomic E-state index is 12.9.